The van der Waals surface area contributed by atoms with E-state index in [2.05, 4.69) is 21.3 Å². The van der Waals surface area contributed by atoms with Gasteiger partial charge >= 0.3 is 17.9 Å². The summed E-state index contributed by atoms with van der Waals surface area (Å²) in [6.45, 7) is 13.6. The van der Waals surface area contributed by atoms with Crippen molar-refractivity contribution in [3.63, 3.8) is 0 Å². The molecule has 0 aromatic heterocycles. The Balaban J connectivity index is 1.86. The van der Waals surface area contributed by atoms with Crippen LogP contribution >= 0.6 is 0 Å². The van der Waals surface area contributed by atoms with Crippen LogP contribution in [-0.2, 0) is 78.2 Å². The van der Waals surface area contributed by atoms with Crippen molar-refractivity contribution in [1.82, 2.24) is 45.8 Å². The number of benzene rings is 1. The van der Waals surface area contributed by atoms with E-state index in [4.69, 9.17) is 14.2 Å². The Labute approximate surface area is 500 Å². The highest BCUT2D eigenvalue weighted by Gasteiger charge is 2.44. The lowest BCUT2D eigenvalue weighted by Crippen LogP contribution is -2.63. The molecular formula is C60H95N9O16. The number of carbonyl (C=O) groups excluding carboxylic acids is 12. The van der Waals surface area contributed by atoms with Crippen LogP contribution in [-0.4, -0.2) is 217 Å². The molecule has 2 heterocycles. The number of amides is 9. The number of likely N-dealkylation sites (N-methyl/N-ethyl adjacent to an activating group) is 3. The summed E-state index contributed by atoms with van der Waals surface area (Å²) >= 11 is 0. The maximum atomic E-state index is 14.9. The van der Waals surface area contributed by atoms with E-state index < -0.39 is 150 Å². The molecule has 2 fully saturated rings. The number of rotatable bonds is 31. The van der Waals surface area contributed by atoms with Gasteiger partial charge in [-0.2, -0.15) is 0 Å². The molecule has 0 aliphatic carbocycles. The number of carbonyl (C=O) groups is 12. The van der Waals surface area contributed by atoms with Crippen molar-refractivity contribution in [3.05, 3.63) is 35.9 Å². The van der Waals surface area contributed by atoms with Crippen LogP contribution < -0.4 is 21.3 Å². The van der Waals surface area contributed by atoms with Gasteiger partial charge in [-0.25, -0.2) is 4.79 Å². The number of piperidine rings is 1. The fourth-order valence-electron chi connectivity index (χ4n) is 10.6. The van der Waals surface area contributed by atoms with Crippen LogP contribution in [0.5, 0.6) is 0 Å². The molecule has 1 aromatic rings. The molecule has 476 valence electrons. The van der Waals surface area contributed by atoms with Crippen LogP contribution in [0.15, 0.2) is 30.3 Å². The van der Waals surface area contributed by atoms with Crippen LogP contribution in [0.25, 0.3) is 0 Å². The highest BCUT2D eigenvalue weighted by Crippen LogP contribution is 2.25. The van der Waals surface area contributed by atoms with Crippen LogP contribution in [0.3, 0.4) is 0 Å². The van der Waals surface area contributed by atoms with Gasteiger partial charge in [-0.1, -0.05) is 98.6 Å². The number of methoxy groups -OCH3 is 3. The summed E-state index contributed by atoms with van der Waals surface area (Å²) in [5.41, 5.74) is 0.739. The Kier molecular flexibility index (Phi) is 29.4. The predicted octanol–water partition coefficient (Wildman–Crippen LogP) is 1.50. The number of likely N-dealkylation sites (tertiary alicyclic amines) is 2. The maximum absolute atomic E-state index is 14.9. The zero-order valence-electron chi connectivity index (χ0n) is 52.3. The number of hydrogen-bond donors (Lipinski definition) is 5. The van der Waals surface area contributed by atoms with Gasteiger partial charge in [0, 0.05) is 53.5 Å². The molecule has 5 N–H and O–H groups in total. The maximum Gasteiger partial charge on any atom is 0.328 e. The monoisotopic (exact) mass is 1200 g/mol. The normalized spacial score (nSPS) is 18.2. The average molecular weight is 1200 g/mol. The van der Waals surface area contributed by atoms with E-state index in [1.54, 1.807) is 65.8 Å². The van der Waals surface area contributed by atoms with E-state index in [9.17, 15) is 62.6 Å². The van der Waals surface area contributed by atoms with Crippen LogP contribution in [0.2, 0.25) is 0 Å². The van der Waals surface area contributed by atoms with Gasteiger partial charge in [-0.15, -0.1) is 0 Å². The van der Waals surface area contributed by atoms with Gasteiger partial charge < -0.3 is 65.1 Å². The summed E-state index contributed by atoms with van der Waals surface area (Å²) in [6.07, 6.45) is 0.699. The van der Waals surface area contributed by atoms with Crippen LogP contribution in [0.4, 0.5) is 0 Å². The summed E-state index contributed by atoms with van der Waals surface area (Å²) in [5, 5.41) is 21.7. The molecule has 9 amide bonds. The number of esters is 3. The second-order valence-electron chi connectivity index (χ2n) is 23.0. The van der Waals surface area contributed by atoms with Gasteiger partial charge in [-0.3, -0.25) is 52.7 Å². The Morgan fingerprint density at radius 2 is 1.14 bits per heavy atom. The van der Waals surface area contributed by atoms with Gasteiger partial charge in [0.05, 0.1) is 27.9 Å². The highest BCUT2D eigenvalue weighted by atomic mass is 16.5. The molecule has 0 radical (unpaired) electrons. The first-order valence-electron chi connectivity index (χ1n) is 29.6. The lowest BCUT2D eigenvalue weighted by atomic mass is 9.93. The van der Waals surface area contributed by atoms with Crippen LogP contribution in [0, 0.1) is 23.7 Å². The predicted molar refractivity (Wildman–Crippen MR) is 312 cm³/mol. The SMILES string of the molecule is CCC(C)[C@H](O)C(=O)N[C@@H](Cc1ccccc1)C(=O)N1CCC[C@H]1C(=O)NCC(=O)N(C)[C@H](C(=O)N(C)[C@@H](CCC(=O)OC)C(=O)N[C@H](C(=O)N1CCCC[C@H]1C(=O)N[C@H](C(=O)N(C)[C@@H](CCC(=O)OC)C(=O)OC)C(C)C)C(C)CC)C(C)C. The third-order valence-electron chi connectivity index (χ3n) is 16.5. The second kappa shape index (κ2) is 34.7. The Bertz CT molecular complexity index is 2480. The van der Waals surface area contributed by atoms with Crippen molar-refractivity contribution in [2.24, 2.45) is 23.7 Å². The van der Waals surface area contributed by atoms with Crippen molar-refractivity contribution >= 4 is 71.1 Å². The topological polar surface area (TPSA) is 317 Å². The molecule has 11 atom stereocenters. The van der Waals surface area contributed by atoms with E-state index in [1.807, 2.05) is 19.9 Å². The summed E-state index contributed by atoms with van der Waals surface area (Å²) in [4.78, 5) is 172. The van der Waals surface area contributed by atoms with Crippen molar-refractivity contribution in [2.45, 2.75) is 187 Å². The number of nitrogens with zero attached hydrogens (tertiary/aromatic N) is 5. The second-order valence-corrected chi connectivity index (χ2v) is 23.0. The first-order valence-corrected chi connectivity index (χ1v) is 29.6. The molecule has 2 aliphatic heterocycles. The Hall–Kier alpha value is -7.18. The smallest absolute Gasteiger partial charge is 0.328 e. The summed E-state index contributed by atoms with van der Waals surface area (Å²) in [6, 6.07) is -0.490. The first kappa shape index (κ1) is 72.1. The van der Waals surface area contributed by atoms with Gasteiger partial charge in [0.25, 0.3) is 0 Å². The first-order chi connectivity index (χ1) is 40.1. The van der Waals surface area contributed by atoms with Crippen molar-refractivity contribution in [1.29, 1.82) is 0 Å². The standard InChI is InChI=1S/C60H95N9O16/c1-15-37(7)49(58(80)69-31-21-20-25-43(69)54(76)63-48(35(3)4)57(79)66(10)44(60(82)85-14)28-30-47(72)84-13)64-53(75)41(27-29-46(71)83-12)65(9)59(81)50(36(5)6)67(11)45(70)34-61-52(74)42-26-22-32-68(42)56(78)40(33-39-23-18-17-19-24-39)62-55(77)51(73)38(8)16-2/h17-19,23-24,35-38,40-44,48-51,73H,15-16,20-22,25-34H2,1-14H3,(H,61,74)(H,62,77)(H,63,76)(H,64,75)/t37?,38?,40-,41-,42-,43-,44-,48-,49-,50-,51-/m0/s1. The van der Waals surface area contributed by atoms with Gasteiger partial charge in [0.15, 0.2) is 0 Å². The Morgan fingerprint density at radius 1 is 0.600 bits per heavy atom. The van der Waals surface area contributed by atoms with E-state index in [0.717, 1.165) is 27.4 Å². The lowest BCUT2D eigenvalue weighted by Gasteiger charge is -2.40. The summed E-state index contributed by atoms with van der Waals surface area (Å²) in [5.74, 6) is -10.1. The molecule has 2 aliphatic rings. The fraction of sp³-hybridized carbons (Fsp3) is 0.700. The lowest BCUT2D eigenvalue weighted by molar-refractivity contribution is -0.155. The van der Waals surface area contributed by atoms with Crippen molar-refractivity contribution in [2.75, 3.05) is 62.1 Å². The van der Waals surface area contributed by atoms with Gasteiger partial charge in [-0.05, 0) is 74.2 Å². The van der Waals surface area contributed by atoms with E-state index in [0.29, 0.717) is 32.1 Å². The number of hydrogen-bond acceptors (Lipinski definition) is 16. The molecule has 1 aromatic carbocycles. The third kappa shape index (κ3) is 19.9. The summed E-state index contributed by atoms with van der Waals surface area (Å²) < 4.78 is 14.5. The van der Waals surface area contributed by atoms with E-state index in [1.165, 1.54) is 45.2 Å². The van der Waals surface area contributed by atoms with Crippen molar-refractivity contribution < 1.29 is 76.9 Å². The van der Waals surface area contributed by atoms with Gasteiger partial charge in [0.2, 0.25) is 53.2 Å². The third-order valence-corrected chi connectivity index (χ3v) is 16.5. The molecule has 2 unspecified atom stereocenters. The van der Waals surface area contributed by atoms with E-state index >= 15 is 0 Å². The number of aliphatic hydroxyl groups is 1. The number of aliphatic hydroxyl groups excluding tert-OH is 1. The Morgan fingerprint density at radius 3 is 1.69 bits per heavy atom. The highest BCUT2D eigenvalue weighted by molar-refractivity contribution is 5.98. The minimum Gasteiger partial charge on any atom is -0.469 e. The van der Waals surface area contributed by atoms with Crippen LogP contribution in [0.1, 0.15) is 132 Å². The van der Waals surface area contributed by atoms with Crippen molar-refractivity contribution in [3.8, 4) is 0 Å². The fourth-order valence-corrected chi connectivity index (χ4v) is 10.6. The zero-order chi connectivity index (χ0) is 64.0. The average Bonchev–Trinajstić information content (AvgIpc) is 4.15. The zero-order valence-corrected chi connectivity index (χ0v) is 52.3. The largest absolute Gasteiger partial charge is 0.469 e. The quantitative estimate of drug-likeness (QED) is 0.0520. The molecular weight excluding hydrogens is 1100 g/mol. The summed E-state index contributed by atoms with van der Waals surface area (Å²) in [7, 11) is 7.58. The molecule has 2 saturated heterocycles. The minimum absolute atomic E-state index is 0.0869. The molecule has 0 saturated carbocycles. The molecule has 0 spiro atoms. The molecule has 3 rings (SSSR count). The number of ether oxygens (including phenoxy) is 3. The van der Waals surface area contributed by atoms with Gasteiger partial charge in [0.1, 0.15) is 54.4 Å². The molecule has 85 heavy (non-hydrogen) atoms. The molecule has 25 heteroatoms. The van der Waals surface area contributed by atoms with E-state index in [-0.39, 0.29) is 64.0 Å². The minimum atomic E-state index is -1.41. The molecule has 0 bridgehead atoms. The molecule has 25 nitrogen and oxygen atoms in total. The number of nitrogens with one attached hydrogen (secondary N) is 4.